The van der Waals surface area contributed by atoms with Gasteiger partial charge in [0.25, 0.3) is 0 Å². The van der Waals surface area contributed by atoms with Crippen molar-refractivity contribution in [3.63, 3.8) is 0 Å². The van der Waals surface area contributed by atoms with E-state index >= 15 is 0 Å². The Morgan fingerprint density at radius 3 is 2.88 bits per heavy atom. The minimum Gasteiger partial charge on any atom is -0.338 e. The molecule has 0 spiro atoms. The molecule has 0 fully saturated rings. The van der Waals surface area contributed by atoms with Crippen molar-refractivity contribution in [2.24, 2.45) is 0 Å². The third-order valence-electron chi connectivity index (χ3n) is 4.67. The van der Waals surface area contributed by atoms with Gasteiger partial charge in [0.05, 0.1) is 6.54 Å². The summed E-state index contributed by atoms with van der Waals surface area (Å²) >= 11 is 0. The number of benzene rings is 1. The van der Waals surface area contributed by atoms with Gasteiger partial charge in [-0.25, -0.2) is 0 Å². The molecular formula is C19H26N4O2. The highest BCUT2D eigenvalue weighted by Gasteiger charge is 2.14. The van der Waals surface area contributed by atoms with Gasteiger partial charge in [-0.1, -0.05) is 25.1 Å². The van der Waals surface area contributed by atoms with Crippen LogP contribution in [0.25, 0.3) is 0 Å². The van der Waals surface area contributed by atoms with E-state index in [2.05, 4.69) is 39.4 Å². The predicted octanol–water partition coefficient (Wildman–Crippen LogP) is 2.97. The van der Waals surface area contributed by atoms with Crippen LogP contribution < -0.4 is 5.32 Å². The monoisotopic (exact) mass is 342 g/mol. The van der Waals surface area contributed by atoms with Crippen molar-refractivity contribution in [1.29, 1.82) is 0 Å². The molecule has 1 heterocycles. The SMILES string of the molecule is CCc1noc(CN(CC)CCC(=O)Nc2ccc3c(c2)CCC3)n1. The van der Waals surface area contributed by atoms with Crippen LogP contribution in [0, 0.1) is 0 Å². The van der Waals surface area contributed by atoms with Crippen LogP contribution in [0.5, 0.6) is 0 Å². The molecule has 0 bridgehead atoms. The fourth-order valence-corrected chi connectivity index (χ4v) is 3.17. The average Bonchev–Trinajstić information content (AvgIpc) is 3.27. The molecule has 1 aliphatic carbocycles. The van der Waals surface area contributed by atoms with E-state index in [1.807, 2.05) is 13.0 Å². The molecule has 0 unspecified atom stereocenters. The van der Waals surface area contributed by atoms with Crippen LogP contribution in [0.1, 0.15) is 49.5 Å². The number of anilines is 1. The lowest BCUT2D eigenvalue weighted by Gasteiger charge is -2.17. The van der Waals surface area contributed by atoms with E-state index in [9.17, 15) is 4.79 Å². The molecule has 134 valence electrons. The van der Waals surface area contributed by atoms with Crippen LogP contribution in [0.4, 0.5) is 5.69 Å². The van der Waals surface area contributed by atoms with Crippen molar-refractivity contribution in [2.75, 3.05) is 18.4 Å². The first-order valence-corrected chi connectivity index (χ1v) is 9.13. The van der Waals surface area contributed by atoms with Crippen molar-refractivity contribution >= 4 is 11.6 Å². The van der Waals surface area contributed by atoms with Crippen LogP contribution in [0.3, 0.4) is 0 Å². The maximum absolute atomic E-state index is 12.2. The Bertz CT molecular complexity index is 726. The van der Waals surface area contributed by atoms with Gasteiger partial charge in [-0.15, -0.1) is 0 Å². The topological polar surface area (TPSA) is 71.3 Å². The molecule has 1 aliphatic rings. The Morgan fingerprint density at radius 1 is 1.28 bits per heavy atom. The van der Waals surface area contributed by atoms with Gasteiger partial charge in [-0.05, 0) is 49.1 Å². The molecule has 25 heavy (non-hydrogen) atoms. The zero-order valence-electron chi connectivity index (χ0n) is 15.0. The molecule has 3 rings (SSSR count). The number of hydrogen-bond donors (Lipinski definition) is 1. The third kappa shape index (κ3) is 4.66. The standard InChI is InChI=1S/C19H26N4O2/c1-3-17-21-19(25-22-17)13-23(4-2)11-10-18(24)20-16-9-8-14-6-5-7-15(14)12-16/h8-9,12H,3-7,10-11,13H2,1-2H3,(H,20,24). The molecule has 6 nitrogen and oxygen atoms in total. The molecule has 1 N–H and O–H groups in total. The molecule has 1 aromatic carbocycles. The predicted molar refractivity (Wildman–Crippen MR) is 96.3 cm³/mol. The van der Waals surface area contributed by atoms with Crippen LogP contribution in [-0.2, 0) is 30.6 Å². The molecular weight excluding hydrogens is 316 g/mol. The van der Waals surface area contributed by atoms with E-state index in [1.165, 1.54) is 17.5 Å². The highest BCUT2D eigenvalue weighted by Crippen LogP contribution is 2.24. The molecule has 6 heteroatoms. The number of aryl methyl sites for hydroxylation is 3. The largest absolute Gasteiger partial charge is 0.338 e. The molecule has 0 radical (unpaired) electrons. The quantitative estimate of drug-likeness (QED) is 0.798. The number of carbonyl (C=O) groups is 1. The van der Waals surface area contributed by atoms with E-state index in [0.717, 1.165) is 37.3 Å². The van der Waals surface area contributed by atoms with E-state index in [4.69, 9.17) is 4.52 Å². The number of aromatic nitrogens is 2. The lowest BCUT2D eigenvalue weighted by atomic mass is 10.1. The maximum Gasteiger partial charge on any atom is 0.240 e. The van der Waals surface area contributed by atoms with Gasteiger partial charge < -0.3 is 9.84 Å². The Kier molecular flexibility index (Phi) is 5.81. The minimum atomic E-state index is 0.0381. The first-order valence-electron chi connectivity index (χ1n) is 9.13. The second kappa shape index (κ2) is 8.25. The number of carbonyl (C=O) groups excluding carboxylic acids is 1. The summed E-state index contributed by atoms with van der Waals surface area (Å²) in [5.74, 6) is 1.37. The number of fused-ring (bicyclic) bond motifs is 1. The summed E-state index contributed by atoms with van der Waals surface area (Å²) in [4.78, 5) is 18.7. The average molecular weight is 342 g/mol. The van der Waals surface area contributed by atoms with Crippen molar-refractivity contribution < 1.29 is 9.32 Å². The number of amides is 1. The number of rotatable bonds is 8. The van der Waals surface area contributed by atoms with E-state index in [0.29, 0.717) is 25.4 Å². The summed E-state index contributed by atoms with van der Waals surface area (Å²) in [5.41, 5.74) is 3.69. The summed E-state index contributed by atoms with van der Waals surface area (Å²) < 4.78 is 5.23. The second-order valence-corrected chi connectivity index (χ2v) is 6.46. The van der Waals surface area contributed by atoms with Gasteiger partial charge in [0.2, 0.25) is 11.8 Å². The highest BCUT2D eigenvalue weighted by molar-refractivity contribution is 5.91. The van der Waals surface area contributed by atoms with Gasteiger partial charge in [0.1, 0.15) is 0 Å². The lowest BCUT2D eigenvalue weighted by Crippen LogP contribution is -2.27. The molecule has 1 aromatic heterocycles. The smallest absolute Gasteiger partial charge is 0.240 e. The normalized spacial score (nSPS) is 13.2. The van der Waals surface area contributed by atoms with Gasteiger partial charge in [-0.3, -0.25) is 9.69 Å². The zero-order valence-corrected chi connectivity index (χ0v) is 15.0. The maximum atomic E-state index is 12.2. The summed E-state index contributed by atoms with van der Waals surface area (Å²) in [5, 5.41) is 6.92. The molecule has 1 amide bonds. The first kappa shape index (κ1) is 17.6. The summed E-state index contributed by atoms with van der Waals surface area (Å²) in [7, 11) is 0. The summed E-state index contributed by atoms with van der Waals surface area (Å²) in [6, 6.07) is 6.25. The Hall–Kier alpha value is -2.21. The van der Waals surface area contributed by atoms with E-state index < -0.39 is 0 Å². The molecule has 0 aliphatic heterocycles. The molecule has 2 aromatic rings. The van der Waals surface area contributed by atoms with Gasteiger partial charge in [0, 0.05) is 25.1 Å². The number of nitrogens with zero attached hydrogens (tertiary/aromatic N) is 3. The molecule has 0 saturated carbocycles. The summed E-state index contributed by atoms with van der Waals surface area (Å²) in [6.45, 7) is 6.13. The second-order valence-electron chi connectivity index (χ2n) is 6.46. The first-order chi connectivity index (χ1) is 12.2. The fraction of sp³-hybridized carbons (Fsp3) is 0.526. The van der Waals surface area contributed by atoms with Crippen LogP contribution in [0.2, 0.25) is 0 Å². The fourth-order valence-electron chi connectivity index (χ4n) is 3.17. The van der Waals surface area contributed by atoms with Gasteiger partial charge in [-0.2, -0.15) is 4.98 Å². The zero-order chi connectivity index (χ0) is 17.6. The molecule has 0 saturated heterocycles. The van der Waals surface area contributed by atoms with Gasteiger partial charge >= 0.3 is 0 Å². The molecule has 0 atom stereocenters. The highest BCUT2D eigenvalue weighted by atomic mass is 16.5. The van der Waals surface area contributed by atoms with Crippen molar-refractivity contribution in [3.8, 4) is 0 Å². The van der Waals surface area contributed by atoms with Crippen LogP contribution in [0.15, 0.2) is 22.7 Å². The van der Waals surface area contributed by atoms with Crippen LogP contribution in [-0.4, -0.2) is 34.0 Å². The van der Waals surface area contributed by atoms with Crippen molar-refractivity contribution in [3.05, 3.63) is 41.0 Å². The Balaban J connectivity index is 1.48. The van der Waals surface area contributed by atoms with Crippen molar-refractivity contribution in [2.45, 2.75) is 52.5 Å². The third-order valence-corrected chi connectivity index (χ3v) is 4.67. The van der Waals surface area contributed by atoms with E-state index in [-0.39, 0.29) is 5.91 Å². The Labute approximate surface area is 148 Å². The van der Waals surface area contributed by atoms with Gasteiger partial charge in [0.15, 0.2) is 5.82 Å². The van der Waals surface area contributed by atoms with Crippen LogP contribution >= 0.6 is 0 Å². The van der Waals surface area contributed by atoms with E-state index in [1.54, 1.807) is 0 Å². The summed E-state index contributed by atoms with van der Waals surface area (Å²) in [6.07, 6.45) is 4.70. The van der Waals surface area contributed by atoms with Crippen molar-refractivity contribution in [1.82, 2.24) is 15.0 Å². The number of nitrogens with one attached hydrogen (secondary N) is 1. The lowest BCUT2D eigenvalue weighted by molar-refractivity contribution is -0.116. The number of hydrogen-bond acceptors (Lipinski definition) is 5. The Morgan fingerprint density at radius 2 is 2.12 bits per heavy atom. The minimum absolute atomic E-state index is 0.0381.